The van der Waals surface area contributed by atoms with Gasteiger partial charge in [-0.2, -0.15) is 0 Å². The second-order valence-electron chi connectivity index (χ2n) is 16.4. The highest BCUT2D eigenvalue weighted by Gasteiger charge is 2.35. The lowest BCUT2D eigenvalue weighted by molar-refractivity contribution is -0.144. The van der Waals surface area contributed by atoms with Crippen molar-refractivity contribution in [1.82, 2.24) is 42.5 Å². The minimum absolute atomic E-state index is 0.132. The molecule has 0 rings (SSSR count). The number of hydrogen-bond donors (Lipinski definition) is 18. The molecular weight excluding hydrogens is 997 g/mol. The van der Waals surface area contributed by atoms with Gasteiger partial charge in [-0.3, -0.25) is 67.1 Å². The lowest BCUT2D eigenvalue weighted by Crippen LogP contribution is -2.61. The van der Waals surface area contributed by atoms with Crippen LogP contribution in [0.1, 0.15) is 91.4 Å². The number of nitrogens with two attached hydrogens (primary N) is 4. The van der Waals surface area contributed by atoms with Crippen LogP contribution in [0.5, 0.6) is 0 Å². The van der Waals surface area contributed by atoms with Crippen molar-refractivity contribution in [3.63, 3.8) is 0 Å². The smallest absolute Gasteiger partial charge is 0.326 e. The molecule has 0 fully saturated rings. The Morgan fingerprint density at radius 2 is 0.851 bits per heavy atom. The fourth-order valence-electron chi connectivity index (χ4n) is 5.84. The molecule has 0 spiro atoms. The van der Waals surface area contributed by atoms with E-state index in [1.54, 1.807) is 13.8 Å². The van der Waals surface area contributed by atoms with Gasteiger partial charge in [-0.05, 0) is 51.0 Å². The van der Waals surface area contributed by atoms with Crippen LogP contribution in [0.15, 0.2) is 0 Å². The maximum atomic E-state index is 13.5. The van der Waals surface area contributed by atoms with Crippen molar-refractivity contribution in [1.29, 1.82) is 0 Å². The van der Waals surface area contributed by atoms with Crippen molar-refractivity contribution >= 4 is 88.9 Å². The van der Waals surface area contributed by atoms with Gasteiger partial charge in [-0.1, -0.05) is 13.8 Å². The number of nitrogens with one attached hydrogen (secondary N) is 8. The Hall–Kier alpha value is -8.07. The quantitative estimate of drug-likeness (QED) is 0.0259. The number of carboxylic acids is 5. The molecule has 0 aromatic rings. The van der Waals surface area contributed by atoms with Crippen LogP contribution in [0.3, 0.4) is 0 Å². The van der Waals surface area contributed by atoms with Crippen LogP contribution in [0.25, 0.3) is 0 Å². The van der Waals surface area contributed by atoms with Crippen LogP contribution in [0.2, 0.25) is 0 Å². The van der Waals surface area contributed by atoms with E-state index < -0.39 is 189 Å². The monoisotopic (exact) mass is 1060 g/mol. The Kier molecular flexibility index (Phi) is 33.0. The highest BCUT2D eigenvalue weighted by molar-refractivity contribution is 5.99. The van der Waals surface area contributed by atoms with Crippen LogP contribution < -0.4 is 65.5 Å². The summed E-state index contributed by atoms with van der Waals surface area (Å²) < 4.78 is 0. The van der Waals surface area contributed by atoms with Crippen LogP contribution >= 0.6 is 0 Å². The van der Waals surface area contributed by atoms with Crippen molar-refractivity contribution in [2.24, 2.45) is 28.9 Å². The summed E-state index contributed by atoms with van der Waals surface area (Å²) in [6.07, 6.45) is -5.38. The first kappa shape index (κ1) is 68.0. The molecule has 22 N–H and O–H groups in total. The van der Waals surface area contributed by atoms with Crippen molar-refractivity contribution in [2.75, 3.05) is 19.7 Å². The Bertz CT molecular complexity index is 2020. The second kappa shape index (κ2) is 35.9. The normalized spacial score (nSPS) is 13.8. The third kappa shape index (κ3) is 30.6. The maximum Gasteiger partial charge on any atom is 0.326 e. The van der Waals surface area contributed by atoms with Crippen molar-refractivity contribution in [3.05, 3.63) is 0 Å². The summed E-state index contributed by atoms with van der Waals surface area (Å²) in [4.78, 5) is 184. The van der Waals surface area contributed by atoms with Gasteiger partial charge >= 0.3 is 23.9 Å². The van der Waals surface area contributed by atoms with Crippen molar-refractivity contribution < 1.29 is 103 Å². The molecule has 33 heteroatoms. The summed E-state index contributed by atoms with van der Waals surface area (Å²) in [6, 6.07) is -13.9. The molecule has 0 saturated carbocycles. The zero-order valence-corrected chi connectivity index (χ0v) is 40.7. The number of carboxylic acid groups (broad SMARTS) is 5. The molecule has 0 aliphatic carbocycles. The summed E-state index contributed by atoms with van der Waals surface area (Å²) in [5.74, 6) is -19.1. The average molecular weight is 1070 g/mol. The van der Waals surface area contributed by atoms with Crippen LogP contribution in [-0.2, 0) is 71.9 Å². The summed E-state index contributed by atoms with van der Waals surface area (Å²) in [7, 11) is 0. The fraction of sp³-hybridized carbons (Fsp3) is 0.634. The second-order valence-corrected chi connectivity index (χ2v) is 16.4. The number of rotatable bonds is 36. The largest absolute Gasteiger partial charge is 0.481 e. The first-order valence-electron chi connectivity index (χ1n) is 22.5. The molecule has 0 aromatic heterocycles. The van der Waals surface area contributed by atoms with Crippen LogP contribution in [0, 0.1) is 5.92 Å². The number of primary amides is 2. The van der Waals surface area contributed by atoms with E-state index in [1.807, 2.05) is 16.0 Å². The minimum Gasteiger partial charge on any atom is -0.481 e. The number of aliphatic hydroxyl groups is 1. The standard InChI is InChI=1S/C39H64N12O19.C2H4O2/c1-17(2)31(43)38(68)47-18(6-9-25(41)53)32(62)44-15-27(55)45-19(7-10-28(56)57)33(63)46-20(8-11-29(58)59)34(64)51-24(16-52)37(67)49-22(13-26(42)54)35(65)50-23(14-30(60)61)36(66)48-21(39(69)70)5-3-4-12-40;1-2(3)4/h17-24,31,52H,3-16,40,43H2,1-2H3,(H2,41,53)(H2,42,54)(H,44,62)(H,45,55)(H,46,63)(H,47,68)(H,48,66)(H,49,67)(H,50,65)(H,51,64)(H,56,57)(H,58,59)(H,60,61)(H,69,70);1H3,(H,3,4). The summed E-state index contributed by atoms with van der Waals surface area (Å²) in [5, 5.41) is 71.8. The lowest BCUT2D eigenvalue weighted by atomic mass is 10.0. The first-order valence-corrected chi connectivity index (χ1v) is 22.5. The zero-order valence-electron chi connectivity index (χ0n) is 40.7. The molecule has 0 radical (unpaired) electrons. The van der Waals surface area contributed by atoms with E-state index in [0.717, 1.165) is 6.92 Å². The molecular formula is C41H68N12O21. The summed E-state index contributed by atoms with van der Waals surface area (Å²) in [6.45, 7) is 2.33. The molecule has 0 bridgehead atoms. The molecule has 0 saturated heterocycles. The molecule has 8 unspecified atom stereocenters. The number of amides is 10. The molecule has 33 nitrogen and oxygen atoms in total. The van der Waals surface area contributed by atoms with Gasteiger partial charge < -0.3 is 96.1 Å². The van der Waals surface area contributed by atoms with Gasteiger partial charge in [-0.25, -0.2) is 4.79 Å². The highest BCUT2D eigenvalue weighted by Crippen LogP contribution is 2.08. The van der Waals surface area contributed by atoms with Gasteiger partial charge in [0.15, 0.2) is 0 Å². The van der Waals surface area contributed by atoms with Gasteiger partial charge in [0, 0.05) is 26.2 Å². The summed E-state index contributed by atoms with van der Waals surface area (Å²) >= 11 is 0. The summed E-state index contributed by atoms with van der Waals surface area (Å²) in [5.41, 5.74) is 21.6. The zero-order chi connectivity index (χ0) is 57.4. The lowest BCUT2D eigenvalue weighted by Gasteiger charge is -2.26. The molecule has 10 amide bonds. The molecule has 0 aliphatic heterocycles. The van der Waals surface area contributed by atoms with E-state index in [0.29, 0.717) is 6.42 Å². The average Bonchev–Trinajstić information content (AvgIpc) is 3.29. The van der Waals surface area contributed by atoms with Gasteiger partial charge in [0.2, 0.25) is 59.1 Å². The number of aliphatic hydroxyl groups excluding tert-OH is 1. The number of carbonyl (C=O) groups excluding carboxylic acids is 10. The molecule has 74 heavy (non-hydrogen) atoms. The fourth-order valence-corrected chi connectivity index (χ4v) is 5.84. The van der Waals surface area contributed by atoms with E-state index in [2.05, 4.69) is 26.6 Å². The number of carbonyl (C=O) groups is 15. The van der Waals surface area contributed by atoms with Crippen molar-refractivity contribution in [3.8, 4) is 0 Å². The van der Waals surface area contributed by atoms with Crippen molar-refractivity contribution in [2.45, 2.75) is 140 Å². The molecule has 0 heterocycles. The van der Waals surface area contributed by atoms with E-state index in [-0.39, 0.29) is 38.1 Å². The van der Waals surface area contributed by atoms with Crippen LogP contribution in [-0.4, -0.2) is 188 Å². The van der Waals surface area contributed by atoms with Gasteiger partial charge in [-0.15, -0.1) is 0 Å². The maximum absolute atomic E-state index is 13.5. The van der Waals surface area contributed by atoms with E-state index in [1.165, 1.54) is 0 Å². The van der Waals surface area contributed by atoms with Gasteiger partial charge in [0.1, 0.15) is 42.3 Å². The highest BCUT2D eigenvalue weighted by atomic mass is 16.4. The third-order valence-corrected chi connectivity index (χ3v) is 9.76. The SMILES string of the molecule is CC(=O)O.CC(C)C(N)C(=O)NC(CCC(N)=O)C(=O)NCC(=O)NC(CCC(=O)O)C(=O)NC(CCC(=O)O)C(=O)NC(CO)C(=O)NC(CC(N)=O)C(=O)NC(CC(=O)O)C(=O)NC(CCCCN)C(=O)O. The predicted molar refractivity (Wildman–Crippen MR) is 249 cm³/mol. The van der Waals surface area contributed by atoms with Gasteiger partial charge in [0.05, 0.1) is 32.0 Å². The number of aliphatic carboxylic acids is 5. The molecule has 418 valence electrons. The number of unbranched alkanes of at least 4 members (excludes halogenated alkanes) is 1. The molecule has 0 aliphatic rings. The molecule has 8 atom stereocenters. The number of hydrogen-bond acceptors (Lipinski definition) is 18. The molecule has 0 aromatic carbocycles. The predicted octanol–water partition coefficient (Wildman–Crippen LogP) is -7.88. The van der Waals surface area contributed by atoms with E-state index in [4.69, 9.17) is 32.8 Å². The van der Waals surface area contributed by atoms with E-state index >= 15 is 0 Å². The van der Waals surface area contributed by atoms with E-state index in [9.17, 15) is 92.7 Å². The Balaban J connectivity index is 0. The first-order chi connectivity index (χ1) is 34.4. The topological polar surface area (TPSA) is 578 Å². The Morgan fingerprint density at radius 1 is 0.459 bits per heavy atom. The Morgan fingerprint density at radius 3 is 1.27 bits per heavy atom. The Labute approximate surface area is 421 Å². The third-order valence-electron chi connectivity index (χ3n) is 9.76. The van der Waals surface area contributed by atoms with Gasteiger partial charge in [0.25, 0.3) is 5.97 Å². The van der Waals surface area contributed by atoms with Crippen LogP contribution in [0.4, 0.5) is 0 Å². The minimum atomic E-state index is -2.08.